The van der Waals surface area contributed by atoms with Gasteiger partial charge in [-0.25, -0.2) is 18.1 Å². The van der Waals surface area contributed by atoms with Crippen LogP contribution in [-0.2, 0) is 14.8 Å². The molecule has 1 aliphatic rings. The summed E-state index contributed by atoms with van der Waals surface area (Å²) in [7, 11) is -3.63. The molecule has 0 aliphatic heterocycles. The summed E-state index contributed by atoms with van der Waals surface area (Å²) in [5.74, 6) is 1.11. The Morgan fingerprint density at radius 3 is 2.59 bits per heavy atom. The highest BCUT2D eigenvalue weighted by Crippen LogP contribution is 2.27. The van der Waals surface area contributed by atoms with Crippen molar-refractivity contribution in [1.29, 1.82) is 0 Å². The summed E-state index contributed by atoms with van der Waals surface area (Å²) in [4.78, 5) is 16.6. The highest BCUT2D eigenvalue weighted by molar-refractivity contribution is 7.89. The van der Waals surface area contributed by atoms with Crippen molar-refractivity contribution in [1.82, 2.24) is 9.71 Å². The molecule has 0 bridgehead atoms. The van der Waals surface area contributed by atoms with Crippen LogP contribution < -0.4 is 14.8 Å². The number of hydrogen-bond acceptors (Lipinski definition) is 5. The topological polar surface area (TPSA) is 97.4 Å². The van der Waals surface area contributed by atoms with Crippen LogP contribution in [0.3, 0.4) is 0 Å². The van der Waals surface area contributed by atoms with Crippen molar-refractivity contribution in [3.8, 4) is 5.75 Å². The first kappa shape index (κ1) is 21.3. The fourth-order valence-corrected chi connectivity index (χ4v) is 4.39. The van der Waals surface area contributed by atoms with Gasteiger partial charge in [0.2, 0.25) is 15.9 Å². The van der Waals surface area contributed by atoms with Crippen molar-refractivity contribution in [2.45, 2.75) is 43.4 Å². The second kappa shape index (κ2) is 10.4. The van der Waals surface area contributed by atoms with Crippen LogP contribution in [-0.4, -0.2) is 32.5 Å². The van der Waals surface area contributed by atoms with E-state index in [4.69, 9.17) is 4.74 Å². The Morgan fingerprint density at radius 1 is 1.07 bits per heavy atom. The molecule has 0 saturated heterocycles. The molecule has 1 aromatic heterocycles. The van der Waals surface area contributed by atoms with Crippen LogP contribution in [0.25, 0.3) is 0 Å². The Bertz CT molecular complexity index is 897. The van der Waals surface area contributed by atoms with Gasteiger partial charge < -0.3 is 10.1 Å². The third kappa shape index (κ3) is 6.54. The number of carbonyl (C=O) groups is 1. The Morgan fingerprint density at radius 2 is 1.83 bits per heavy atom. The van der Waals surface area contributed by atoms with Crippen LogP contribution in [0.4, 0.5) is 5.82 Å². The summed E-state index contributed by atoms with van der Waals surface area (Å²) in [6.07, 6.45) is 7.69. The van der Waals surface area contributed by atoms with Crippen LogP contribution in [0, 0.1) is 5.92 Å². The predicted octanol–water partition coefficient (Wildman–Crippen LogP) is 3.35. The number of anilines is 1. The minimum atomic E-state index is -3.63. The highest BCUT2D eigenvalue weighted by Gasteiger charge is 2.17. The summed E-state index contributed by atoms with van der Waals surface area (Å²) in [6, 6.07) is 11.6. The Hall–Kier alpha value is -2.45. The van der Waals surface area contributed by atoms with Crippen LogP contribution in [0.5, 0.6) is 5.75 Å². The maximum Gasteiger partial charge on any atom is 0.240 e. The maximum absolute atomic E-state index is 12.3. The van der Waals surface area contributed by atoms with Crippen LogP contribution in [0.1, 0.15) is 38.5 Å². The van der Waals surface area contributed by atoms with E-state index in [1.807, 2.05) is 0 Å². The molecule has 29 heavy (non-hydrogen) atoms. The summed E-state index contributed by atoms with van der Waals surface area (Å²) < 4.78 is 32.7. The number of pyridine rings is 1. The average molecular weight is 418 g/mol. The van der Waals surface area contributed by atoms with E-state index in [2.05, 4.69) is 15.0 Å². The van der Waals surface area contributed by atoms with Gasteiger partial charge in [-0.05, 0) is 43.0 Å². The van der Waals surface area contributed by atoms with Crippen molar-refractivity contribution in [2.75, 3.05) is 18.5 Å². The second-order valence-electron chi connectivity index (χ2n) is 7.17. The third-order valence-corrected chi connectivity index (χ3v) is 6.40. The van der Waals surface area contributed by atoms with Gasteiger partial charge in [-0.1, -0.05) is 37.5 Å². The molecule has 1 aliphatic carbocycles. The number of benzene rings is 1. The summed E-state index contributed by atoms with van der Waals surface area (Å²) >= 11 is 0. The lowest BCUT2D eigenvalue weighted by molar-refractivity contribution is -0.116. The van der Waals surface area contributed by atoms with E-state index in [0.29, 0.717) is 24.1 Å². The van der Waals surface area contributed by atoms with Gasteiger partial charge >= 0.3 is 0 Å². The number of rotatable bonds is 9. The fourth-order valence-electron chi connectivity index (χ4n) is 3.34. The number of sulfonamides is 1. The molecule has 0 radical (unpaired) electrons. The lowest BCUT2D eigenvalue weighted by atomic mass is 9.90. The van der Waals surface area contributed by atoms with Gasteiger partial charge in [-0.3, -0.25) is 4.79 Å². The number of amides is 1. The molecule has 1 fully saturated rings. The first-order valence-corrected chi connectivity index (χ1v) is 11.5. The van der Waals surface area contributed by atoms with Gasteiger partial charge in [-0.2, -0.15) is 0 Å². The monoisotopic (exact) mass is 417 g/mol. The molecular weight excluding hydrogens is 390 g/mol. The van der Waals surface area contributed by atoms with Crippen molar-refractivity contribution in [3.05, 3.63) is 48.7 Å². The predicted molar refractivity (Wildman–Crippen MR) is 111 cm³/mol. The van der Waals surface area contributed by atoms with Crippen LogP contribution >= 0.6 is 0 Å². The second-order valence-corrected chi connectivity index (χ2v) is 8.94. The van der Waals surface area contributed by atoms with Gasteiger partial charge in [0.05, 0.1) is 11.5 Å². The molecule has 0 unspecified atom stereocenters. The van der Waals surface area contributed by atoms with Crippen LogP contribution in [0.2, 0.25) is 0 Å². The van der Waals surface area contributed by atoms with Crippen molar-refractivity contribution >= 4 is 21.7 Å². The SMILES string of the molecule is O=C(CCNS(=O)(=O)c1ccccc1)Nc1ncccc1OCC1CCCCC1. The molecular formula is C21H27N3O4S. The fraction of sp³-hybridized carbons (Fsp3) is 0.429. The quantitative estimate of drug-likeness (QED) is 0.652. The summed E-state index contributed by atoms with van der Waals surface area (Å²) in [5, 5.41) is 2.71. The molecule has 1 heterocycles. The molecule has 0 atom stereocenters. The van der Waals surface area contributed by atoms with E-state index < -0.39 is 10.0 Å². The first-order valence-electron chi connectivity index (χ1n) is 9.97. The number of carbonyl (C=O) groups excluding carboxylic acids is 1. The third-order valence-electron chi connectivity index (χ3n) is 4.93. The minimum absolute atomic E-state index is 0.00579. The number of hydrogen-bond donors (Lipinski definition) is 2. The zero-order valence-electron chi connectivity index (χ0n) is 16.3. The van der Waals surface area contributed by atoms with Gasteiger partial charge in [0.1, 0.15) is 0 Å². The molecule has 2 aromatic rings. The van der Waals surface area contributed by atoms with Gasteiger partial charge in [0.15, 0.2) is 11.6 Å². The summed E-state index contributed by atoms with van der Waals surface area (Å²) in [5.41, 5.74) is 0. The Kier molecular flexibility index (Phi) is 7.60. The molecule has 1 amide bonds. The number of nitrogens with zero attached hydrogens (tertiary/aromatic N) is 1. The highest BCUT2D eigenvalue weighted by atomic mass is 32.2. The molecule has 1 saturated carbocycles. The van der Waals surface area contributed by atoms with Crippen molar-refractivity contribution < 1.29 is 17.9 Å². The minimum Gasteiger partial charge on any atom is -0.489 e. The van der Waals surface area contributed by atoms with Crippen molar-refractivity contribution in [3.63, 3.8) is 0 Å². The largest absolute Gasteiger partial charge is 0.489 e. The summed E-state index contributed by atoms with van der Waals surface area (Å²) in [6.45, 7) is 0.611. The average Bonchev–Trinajstić information content (AvgIpc) is 2.74. The molecule has 7 nitrogen and oxygen atoms in total. The van der Waals surface area contributed by atoms with Gasteiger partial charge in [-0.15, -0.1) is 0 Å². The van der Waals surface area contributed by atoms with E-state index >= 15 is 0 Å². The molecule has 0 spiro atoms. The normalized spacial score (nSPS) is 15.0. The molecule has 2 N–H and O–H groups in total. The Labute approximate surface area is 171 Å². The zero-order valence-corrected chi connectivity index (χ0v) is 17.2. The first-order chi connectivity index (χ1) is 14.0. The van der Waals surface area contributed by atoms with E-state index in [0.717, 1.165) is 0 Å². The molecule has 8 heteroatoms. The smallest absolute Gasteiger partial charge is 0.240 e. The number of nitrogens with one attached hydrogen (secondary N) is 2. The molecule has 3 rings (SSSR count). The maximum atomic E-state index is 12.3. The van der Waals surface area contributed by atoms with Gasteiger partial charge in [0, 0.05) is 19.2 Å². The van der Waals surface area contributed by atoms with E-state index in [1.54, 1.807) is 36.5 Å². The molecule has 1 aromatic carbocycles. The number of aromatic nitrogens is 1. The Balaban J connectivity index is 1.49. The van der Waals surface area contributed by atoms with E-state index in [1.165, 1.54) is 44.2 Å². The number of ether oxygens (including phenoxy) is 1. The van der Waals surface area contributed by atoms with Crippen LogP contribution in [0.15, 0.2) is 53.6 Å². The zero-order chi connectivity index (χ0) is 20.5. The lowest BCUT2D eigenvalue weighted by Crippen LogP contribution is -2.28. The standard InChI is InChI=1S/C21H27N3O4S/c25-20(13-15-23-29(26,27)18-10-5-2-6-11-18)24-21-19(12-7-14-22-21)28-16-17-8-3-1-4-9-17/h2,5-7,10-12,14,17,23H,1,3-4,8-9,13,15-16H2,(H,22,24,25). The lowest BCUT2D eigenvalue weighted by Gasteiger charge is -2.22. The van der Waals surface area contributed by atoms with Gasteiger partial charge in [0.25, 0.3) is 0 Å². The van der Waals surface area contributed by atoms with E-state index in [-0.39, 0.29) is 23.8 Å². The van der Waals surface area contributed by atoms with E-state index in [9.17, 15) is 13.2 Å². The van der Waals surface area contributed by atoms with Crippen molar-refractivity contribution in [2.24, 2.45) is 5.92 Å². The molecule has 156 valence electrons.